The summed E-state index contributed by atoms with van der Waals surface area (Å²) in [4.78, 5) is 8.33. The third kappa shape index (κ3) is 2.18. The second-order valence-corrected chi connectivity index (χ2v) is 4.75. The van der Waals surface area contributed by atoms with Gasteiger partial charge in [0.25, 0.3) is 0 Å². The summed E-state index contributed by atoms with van der Waals surface area (Å²) in [5.41, 5.74) is 6.76. The first-order valence-corrected chi connectivity index (χ1v) is 5.94. The average Bonchev–Trinajstić information content (AvgIpc) is 2.28. The molecule has 1 heterocycles. The van der Waals surface area contributed by atoms with Gasteiger partial charge in [0.1, 0.15) is 11.5 Å². The van der Waals surface area contributed by atoms with Crippen molar-refractivity contribution in [2.75, 3.05) is 0 Å². The molecule has 0 saturated carbocycles. The molecule has 0 aliphatic heterocycles. The predicted octanol–water partition coefficient (Wildman–Crippen LogP) is 4.03. The second-order valence-electron chi connectivity index (χ2n) is 4.39. The Morgan fingerprint density at radius 1 is 0.882 bits per heavy atom. The third-order valence-electron chi connectivity index (χ3n) is 3.12. The first-order chi connectivity index (χ1) is 8.00. The molecule has 0 bridgehead atoms. The van der Waals surface area contributed by atoms with Gasteiger partial charge >= 0.3 is 0 Å². The highest BCUT2D eigenvalue weighted by atomic mass is 35.5. The zero-order chi connectivity index (χ0) is 12.6. The highest BCUT2D eigenvalue weighted by Crippen LogP contribution is 2.29. The van der Waals surface area contributed by atoms with Crippen molar-refractivity contribution in [3.63, 3.8) is 0 Å². The van der Waals surface area contributed by atoms with Crippen molar-refractivity contribution in [2.24, 2.45) is 0 Å². The fraction of sp³-hybridized carbons (Fsp3) is 0.286. The van der Waals surface area contributed by atoms with Crippen molar-refractivity contribution in [1.82, 2.24) is 9.97 Å². The van der Waals surface area contributed by atoms with Gasteiger partial charge in [-0.1, -0.05) is 17.7 Å². The van der Waals surface area contributed by atoms with E-state index in [9.17, 15) is 0 Å². The van der Waals surface area contributed by atoms with Gasteiger partial charge in [0.05, 0.1) is 5.69 Å². The molecule has 0 aliphatic rings. The van der Waals surface area contributed by atoms with E-state index in [0.717, 1.165) is 16.8 Å². The Kier molecular flexibility index (Phi) is 3.16. The van der Waals surface area contributed by atoms with Gasteiger partial charge in [-0.2, -0.15) is 0 Å². The lowest BCUT2D eigenvalue weighted by atomic mass is 9.97. The minimum atomic E-state index is 0.521. The maximum absolute atomic E-state index is 6.04. The van der Waals surface area contributed by atoms with Crippen LogP contribution >= 0.6 is 11.6 Å². The first kappa shape index (κ1) is 12.1. The van der Waals surface area contributed by atoms with Gasteiger partial charge in [-0.15, -0.1) is 0 Å². The molecule has 0 radical (unpaired) electrons. The lowest BCUT2D eigenvalue weighted by molar-refractivity contribution is 1.13. The van der Waals surface area contributed by atoms with Crippen molar-refractivity contribution in [3.8, 4) is 11.3 Å². The number of halogens is 1. The molecule has 1 aromatic heterocycles. The number of nitrogens with zero attached hydrogens (tertiary/aromatic N) is 2. The van der Waals surface area contributed by atoms with E-state index in [0.29, 0.717) is 5.15 Å². The SMILES string of the molecule is Cc1cc(C)c(-c2ncnc(Cl)c2C)cc1C. The topological polar surface area (TPSA) is 25.8 Å². The van der Waals surface area contributed by atoms with Crippen molar-refractivity contribution in [1.29, 1.82) is 0 Å². The van der Waals surface area contributed by atoms with Crippen LogP contribution in [0.3, 0.4) is 0 Å². The van der Waals surface area contributed by atoms with Gasteiger partial charge in [0.2, 0.25) is 0 Å². The lowest BCUT2D eigenvalue weighted by Gasteiger charge is -2.11. The molecule has 1 aromatic carbocycles. The standard InChI is InChI=1S/C14H15ClN2/c1-8-5-10(3)12(6-9(8)2)13-11(4)14(15)17-7-16-13/h5-7H,1-4H3. The van der Waals surface area contributed by atoms with Gasteiger partial charge < -0.3 is 0 Å². The van der Waals surface area contributed by atoms with Gasteiger partial charge in [0.15, 0.2) is 0 Å². The molecule has 0 saturated heterocycles. The van der Waals surface area contributed by atoms with Crippen LogP contribution in [0.2, 0.25) is 5.15 Å². The monoisotopic (exact) mass is 246 g/mol. The van der Waals surface area contributed by atoms with Crippen LogP contribution in [0.1, 0.15) is 22.3 Å². The van der Waals surface area contributed by atoms with Crippen LogP contribution in [0, 0.1) is 27.7 Å². The summed E-state index contributed by atoms with van der Waals surface area (Å²) in [5, 5.41) is 0.521. The van der Waals surface area contributed by atoms with E-state index in [1.54, 1.807) is 0 Å². The smallest absolute Gasteiger partial charge is 0.135 e. The third-order valence-corrected chi connectivity index (χ3v) is 3.50. The fourth-order valence-corrected chi connectivity index (χ4v) is 2.05. The number of rotatable bonds is 1. The normalized spacial score (nSPS) is 10.6. The Labute approximate surface area is 107 Å². The number of benzene rings is 1. The zero-order valence-electron chi connectivity index (χ0n) is 10.5. The Morgan fingerprint density at radius 2 is 1.53 bits per heavy atom. The Morgan fingerprint density at radius 3 is 2.24 bits per heavy atom. The van der Waals surface area contributed by atoms with Gasteiger partial charge in [-0.3, -0.25) is 0 Å². The number of hydrogen-bond acceptors (Lipinski definition) is 2. The molecule has 0 N–H and O–H groups in total. The van der Waals surface area contributed by atoms with Gasteiger partial charge in [0, 0.05) is 11.1 Å². The van der Waals surface area contributed by atoms with E-state index in [1.165, 1.54) is 23.0 Å². The molecular formula is C14H15ClN2. The largest absolute Gasteiger partial charge is 0.236 e. The van der Waals surface area contributed by atoms with E-state index in [1.807, 2.05) is 6.92 Å². The summed E-state index contributed by atoms with van der Waals surface area (Å²) in [7, 11) is 0. The summed E-state index contributed by atoms with van der Waals surface area (Å²) in [6.07, 6.45) is 1.51. The maximum atomic E-state index is 6.04. The Bertz CT molecular complexity index is 577. The van der Waals surface area contributed by atoms with Crippen molar-refractivity contribution in [3.05, 3.63) is 45.9 Å². The molecule has 2 rings (SSSR count). The number of aryl methyl sites for hydroxylation is 3. The first-order valence-electron chi connectivity index (χ1n) is 5.56. The van der Waals surface area contributed by atoms with Crippen LogP contribution in [-0.2, 0) is 0 Å². The molecule has 2 aromatic rings. The molecule has 17 heavy (non-hydrogen) atoms. The zero-order valence-corrected chi connectivity index (χ0v) is 11.3. The van der Waals surface area contributed by atoms with Crippen molar-refractivity contribution < 1.29 is 0 Å². The predicted molar refractivity (Wildman–Crippen MR) is 71.4 cm³/mol. The van der Waals surface area contributed by atoms with E-state index in [-0.39, 0.29) is 0 Å². The van der Waals surface area contributed by atoms with Crippen molar-refractivity contribution in [2.45, 2.75) is 27.7 Å². The van der Waals surface area contributed by atoms with Crippen molar-refractivity contribution >= 4 is 11.6 Å². The average molecular weight is 247 g/mol. The second kappa shape index (κ2) is 4.46. The van der Waals surface area contributed by atoms with Crippen LogP contribution in [0.4, 0.5) is 0 Å². The van der Waals surface area contributed by atoms with E-state index in [4.69, 9.17) is 11.6 Å². The summed E-state index contributed by atoms with van der Waals surface area (Å²) in [6.45, 7) is 8.27. The lowest BCUT2D eigenvalue weighted by Crippen LogP contribution is -1.95. The molecule has 88 valence electrons. The van der Waals surface area contributed by atoms with Crippen LogP contribution in [-0.4, -0.2) is 9.97 Å². The number of aromatic nitrogens is 2. The quantitative estimate of drug-likeness (QED) is 0.710. The highest BCUT2D eigenvalue weighted by Gasteiger charge is 2.11. The molecule has 0 amide bonds. The molecular weight excluding hydrogens is 232 g/mol. The van der Waals surface area contributed by atoms with Crippen LogP contribution in [0.5, 0.6) is 0 Å². The molecule has 0 spiro atoms. The maximum Gasteiger partial charge on any atom is 0.135 e. The van der Waals surface area contributed by atoms with E-state index in [2.05, 4.69) is 42.9 Å². The minimum absolute atomic E-state index is 0.521. The van der Waals surface area contributed by atoms with Crippen LogP contribution in [0.15, 0.2) is 18.5 Å². The van der Waals surface area contributed by atoms with Crippen LogP contribution < -0.4 is 0 Å². The Hall–Kier alpha value is -1.41. The van der Waals surface area contributed by atoms with Gasteiger partial charge in [-0.25, -0.2) is 9.97 Å². The summed E-state index contributed by atoms with van der Waals surface area (Å²) < 4.78 is 0. The molecule has 0 aliphatic carbocycles. The summed E-state index contributed by atoms with van der Waals surface area (Å²) in [5.74, 6) is 0. The molecule has 0 fully saturated rings. The fourth-order valence-electron chi connectivity index (χ4n) is 1.92. The minimum Gasteiger partial charge on any atom is -0.236 e. The van der Waals surface area contributed by atoms with Crippen LogP contribution in [0.25, 0.3) is 11.3 Å². The number of hydrogen-bond donors (Lipinski definition) is 0. The van der Waals surface area contributed by atoms with E-state index < -0.39 is 0 Å². The molecule has 3 heteroatoms. The molecule has 0 unspecified atom stereocenters. The van der Waals surface area contributed by atoms with E-state index >= 15 is 0 Å². The highest BCUT2D eigenvalue weighted by molar-refractivity contribution is 6.30. The molecule has 0 atom stereocenters. The van der Waals surface area contributed by atoms with Gasteiger partial charge in [-0.05, 0) is 50.5 Å². The summed E-state index contributed by atoms with van der Waals surface area (Å²) in [6, 6.07) is 4.34. The Balaban J connectivity index is 2.69. The summed E-state index contributed by atoms with van der Waals surface area (Å²) >= 11 is 6.04. The molecule has 2 nitrogen and oxygen atoms in total.